The first-order valence-electron chi connectivity index (χ1n) is 7.03. The van der Waals surface area contributed by atoms with Crippen molar-refractivity contribution in [2.24, 2.45) is 0 Å². The number of hydrogen-bond acceptors (Lipinski definition) is 6. The van der Waals surface area contributed by atoms with Crippen LogP contribution < -0.4 is 11.1 Å². The minimum absolute atomic E-state index is 0.403. The predicted molar refractivity (Wildman–Crippen MR) is 78.6 cm³/mol. The van der Waals surface area contributed by atoms with Crippen LogP contribution in [-0.2, 0) is 11.2 Å². The zero-order chi connectivity index (χ0) is 13.9. The Labute approximate surface area is 117 Å². The summed E-state index contributed by atoms with van der Waals surface area (Å²) in [7, 11) is 0. The highest BCUT2D eigenvalue weighted by atomic mass is 16.5. The maximum atomic E-state index is 5.86. The van der Waals surface area contributed by atoms with Crippen molar-refractivity contribution in [1.29, 1.82) is 0 Å². The van der Waals surface area contributed by atoms with Crippen LogP contribution in [0.25, 0.3) is 11.0 Å². The molecule has 20 heavy (non-hydrogen) atoms. The molecule has 6 heteroatoms. The third-order valence-electron chi connectivity index (χ3n) is 3.58. The average Bonchev–Trinajstić information content (AvgIpc) is 2.48. The van der Waals surface area contributed by atoms with Crippen LogP contribution in [0.4, 0.5) is 11.6 Å². The number of anilines is 2. The van der Waals surface area contributed by atoms with Gasteiger partial charge in [0.1, 0.15) is 11.3 Å². The first-order chi connectivity index (χ1) is 9.78. The molecule has 0 spiro atoms. The Morgan fingerprint density at radius 3 is 2.90 bits per heavy atom. The Morgan fingerprint density at radius 1 is 1.35 bits per heavy atom. The first-order valence-corrected chi connectivity index (χ1v) is 7.03. The average molecular weight is 273 g/mol. The van der Waals surface area contributed by atoms with Crippen LogP contribution in [0.2, 0.25) is 0 Å². The Morgan fingerprint density at radius 2 is 2.15 bits per heavy atom. The summed E-state index contributed by atoms with van der Waals surface area (Å²) in [5, 5.41) is 3.50. The van der Waals surface area contributed by atoms with Crippen LogP contribution in [0.1, 0.15) is 25.5 Å². The quantitative estimate of drug-likeness (QED) is 0.886. The second-order valence-corrected chi connectivity index (χ2v) is 4.97. The zero-order valence-corrected chi connectivity index (χ0v) is 11.6. The van der Waals surface area contributed by atoms with Gasteiger partial charge in [0.15, 0.2) is 5.82 Å². The molecular weight excluding hydrogens is 254 g/mol. The van der Waals surface area contributed by atoms with Gasteiger partial charge in [-0.25, -0.2) is 15.0 Å². The number of aryl methyl sites for hydroxylation is 1. The molecule has 1 aliphatic rings. The molecule has 6 nitrogen and oxygen atoms in total. The maximum absolute atomic E-state index is 5.86. The Balaban J connectivity index is 1.96. The van der Waals surface area contributed by atoms with Gasteiger partial charge in [-0.1, -0.05) is 6.92 Å². The number of aromatic nitrogens is 3. The maximum Gasteiger partial charge on any atom is 0.151 e. The molecule has 0 saturated carbocycles. The molecule has 1 fully saturated rings. The van der Waals surface area contributed by atoms with E-state index in [2.05, 4.69) is 27.2 Å². The van der Waals surface area contributed by atoms with Crippen LogP contribution in [0.15, 0.2) is 12.3 Å². The molecule has 2 aromatic rings. The van der Waals surface area contributed by atoms with E-state index in [1.54, 1.807) is 6.20 Å². The lowest BCUT2D eigenvalue weighted by Crippen LogP contribution is -2.28. The van der Waals surface area contributed by atoms with Crippen molar-refractivity contribution in [3.63, 3.8) is 0 Å². The van der Waals surface area contributed by atoms with Crippen molar-refractivity contribution < 1.29 is 4.74 Å². The largest absolute Gasteiger partial charge is 0.382 e. The van der Waals surface area contributed by atoms with Gasteiger partial charge < -0.3 is 15.8 Å². The van der Waals surface area contributed by atoms with E-state index < -0.39 is 0 Å². The summed E-state index contributed by atoms with van der Waals surface area (Å²) in [5.74, 6) is 1.29. The van der Waals surface area contributed by atoms with E-state index in [0.717, 1.165) is 49.5 Å². The summed E-state index contributed by atoms with van der Waals surface area (Å²) in [6.45, 7) is 3.67. The van der Waals surface area contributed by atoms with Crippen molar-refractivity contribution >= 4 is 22.7 Å². The molecule has 3 N–H and O–H groups in total. The van der Waals surface area contributed by atoms with Crippen LogP contribution in [-0.4, -0.2) is 34.2 Å². The molecule has 0 aliphatic carbocycles. The Hall–Kier alpha value is -1.95. The summed E-state index contributed by atoms with van der Waals surface area (Å²) in [4.78, 5) is 13.3. The lowest BCUT2D eigenvalue weighted by atomic mass is 10.1. The monoisotopic (exact) mass is 273 g/mol. The first kappa shape index (κ1) is 13.1. The number of nitrogens with one attached hydrogen (secondary N) is 1. The van der Waals surface area contributed by atoms with E-state index >= 15 is 0 Å². The van der Waals surface area contributed by atoms with Crippen LogP contribution in [0.3, 0.4) is 0 Å². The molecule has 106 valence electrons. The summed E-state index contributed by atoms with van der Waals surface area (Å²) in [5.41, 5.74) is 8.26. The minimum Gasteiger partial charge on any atom is -0.382 e. The van der Waals surface area contributed by atoms with Gasteiger partial charge >= 0.3 is 0 Å². The van der Waals surface area contributed by atoms with Crippen LogP contribution in [0.5, 0.6) is 0 Å². The van der Waals surface area contributed by atoms with E-state index in [4.69, 9.17) is 10.5 Å². The second kappa shape index (κ2) is 5.58. The summed E-state index contributed by atoms with van der Waals surface area (Å²) in [6.07, 6.45) is 4.47. The van der Waals surface area contributed by atoms with Crippen LogP contribution in [0, 0.1) is 0 Å². The highest BCUT2D eigenvalue weighted by molar-refractivity contribution is 5.85. The van der Waals surface area contributed by atoms with Gasteiger partial charge in [0.25, 0.3) is 0 Å². The molecule has 0 atom stereocenters. The van der Waals surface area contributed by atoms with Gasteiger partial charge in [-0.05, 0) is 25.3 Å². The third kappa shape index (κ3) is 2.51. The zero-order valence-electron chi connectivity index (χ0n) is 11.6. The number of fused-ring (bicyclic) bond motifs is 1. The number of pyridine rings is 1. The van der Waals surface area contributed by atoms with Gasteiger partial charge in [0, 0.05) is 25.5 Å². The molecule has 3 rings (SSSR count). The molecular formula is C14H19N5O. The molecule has 2 aromatic heterocycles. The highest BCUT2D eigenvalue weighted by Crippen LogP contribution is 2.22. The Bertz CT molecular complexity index is 610. The third-order valence-corrected chi connectivity index (χ3v) is 3.58. The van der Waals surface area contributed by atoms with Crippen LogP contribution >= 0.6 is 0 Å². The van der Waals surface area contributed by atoms with Crippen molar-refractivity contribution in [3.8, 4) is 0 Å². The number of nitrogens with zero attached hydrogens (tertiary/aromatic N) is 3. The van der Waals surface area contributed by atoms with E-state index in [1.165, 1.54) is 0 Å². The summed E-state index contributed by atoms with van der Waals surface area (Å²) in [6, 6.07) is 2.24. The smallest absolute Gasteiger partial charge is 0.151 e. The lowest BCUT2D eigenvalue weighted by molar-refractivity contribution is 0.0903. The molecule has 1 aliphatic heterocycles. The molecule has 0 unspecified atom stereocenters. The van der Waals surface area contributed by atoms with E-state index in [1.807, 2.05) is 6.07 Å². The van der Waals surface area contributed by atoms with Gasteiger partial charge in [-0.2, -0.15) is 0 Å². The van der Waals surface area contributed by atoms with E-state index in [-0.39, 0.29) is 0 Å². The van der Waals surface area contributed by atoms with E-state index in [9.17, 15) is 0 Å². The summed E-state index contributed by atoms with van der Waals surface area (Å²) >= 11 is 0. The van der Waals surface area contributed by atoms with Gasteiger partial charge in [0.05, 0.1) is 11.2 Å². The fourth-order valence-electron chi connectivity index (χ4n) is 2.43. The van der Waals surface area contributed by atoms with Gasteiger partial charge in [-0.3, -0.25) is 0 Å². The van der Waals surface area contributed by atoms with Gasteiger partial charge in [0.2, 0.25) is 0 Å². The SMILES string of the molecule is CCc1nc2c(N)nccc2nc1NC1CCOCC1. The topological polar surface area (TPSA) is 86.0 Å². The molecule has 0 bridgehead atoms. The van der Waals surface area contributed by atoms with Crippen molar-refractivity contribution in [2.45, 2.75) is 32.2 Å². The lowest BCUT2D eigenvalue weighted by Gasteiger charge is -2.24. The highest BCUT2D eigenvalue weighted by Gasteiger charge is 2.17. The molecule has 0 aromatic carbocycles. The standard InChI is InChI=1S/C14H19N5O/c1-2-10-14(17-9-4-7-20-8-5-9)19-11-3-6-16-13(15)12(11)18-10/h3,6,9H,2,4-5,7-8H2,1H3,(H2,15,16)(H,17,19). The number of rotatable bonds is 3. The number of hydrogen-bond donors (Lipinski definition) is 2. The number of ether oxygens (including phenoxy) is 1. The predicted octanol–water partition coefficient (Wildman–Crippen LogP) is 1.76. The Kier molecular flexibility index (Phi) is 3.64. The second-order valence-electron chi connectivity index (χ2n) is 4.97. The normalized spacial score (nSPS) is 16.4. The van der Waals surface area contributed by atoms with Crippen molar-refractivity contribution in [1.82, 2.24) is 15.0 Å². The van der Waals surface area contributed by atoms with Crippen molar-refractivity contribution in [2.75, 3.05) is 24.3 Å². The molecule has 0 amide bonds. The van der Waals surface area contributed by atoms with Crippen molar-refractivity contribution in [3.05, 3.63) is 18.0 Å². The molecule has 1 saturated heterocycles. The molecule has 3 heterocycles. The fraction of sp³-hybridized carbons (Fsp3) is 0.500. The summed E-state index contributed by atoms with van der Waals surface area (Å²) < 4.78 is 5.38. The van der Waals surface area contributed by atoms with Gasteiger partial charge in [-0.15, -0.1) is 0 Å². The fourth-order valence-corrected chi connectivity index (χ4v) is 2.43. The van der Waals surface area contributed by atoms with E-state index in [0.29, 0.717) is 17.4 Å². The number of nitrogen functional groups attached to an aromatic ring is 1. The minimum atomic E-state index is 0.403. The molecule has 0 radical (unpaired) electrons. The number of nitrogens with two attached hydrogens (primary N) is 1.